The number of halogens is 5. The van der Waals surface area contributed by atoms with Gasteiger partial charge >= 0.3 is 12.1 Å². The van der Waals surface area contributed by atoms with Gasteiger partial charge in [0.25, 0.3) is 11.7 Å². The Bertz CT molecular complexity index is 1140. The summed E-state index contributed by atoms with van der Waals surface area (Å²) < 4.78 is 51.9. The summed E-state index contributed by atoms with van der Waals surface area (Å²) in [4.78, 5) is 19.2. The Morgan fingerprint density at radius 2 is 1.97 bits per heavy atom. The van der Waals surface area contributed by atoms with Crippen molar-refractivity contribution in [2.75, 3.05) is 6.61 Å². The summed E-state index contributed by atoms with van der Waals surface area (Å²) in [5, 5.41) is 14.0. The second kappa shape index (κ2) is 9.05. The second-order valence-electron chi connectivity index (χ2n) is 6.73. The van der Waals surface area contributed by atoms with Crippen molar-refractivity contribution in [3.63, 3.8) is 0 Å². The van der Waals surface area contributed by atoms with Gasteiger partial charge in [-0.1, -0.05) is 36.2 Å². The van der Waals surface area contributed by atoms with E-state index in [-0.39, 0.29) is 39.6 Å². The van der Waals surface area contributed by atoms with Crippen molar-refractivity contribution in [3.8, 4) is 11.5 Å². The Balaban J connectivity index is 1.99. The quantitative estimate of drug-likeness (QED) is 0.376. The summed E-state index contributed by atoms with van der Waals surface area (Å²) in [6.45, 7) is 2.92. The molecular weight excluding hydrogens is 474 g/mol. The number of esters is 1. The number of ether oxygens (including phenoxy) is 1. The van der Waals surface area contributed by atoms with Gasteiger partial charge in [-0.3, -0.25) is 0 Å². The minimum atomic E-state index is -5.06. The van der Waals surface area contributed by atoms with Crippen LogP contribution in [-0.2, 0) is 10.3 Å². The standard InChI is InChI=1S/C20H16Cl2F3N3O4/c1-3-31-18(29)16-27-17(32-28-16)11-4-5-13(14(21)8-11)10(2)19(30,20(23,24)25)12-6-7-26-15(22)9-12/h4-10,30H,3H2,1-2H3/t10-,19-/m1/s1. The van der Waals surface area contributed by atoms with E-state index in [1.807, 2.05) is 0 Å². The maximum absolute atomic E-state index is 14.0. The van der Waals surface area contributed by atoms with Crippen LogP contribution in [0.4, 0.5) is 13.2 Å². The molecule has 3 rings (SSSR count). The Hall–Kier alpha value is -2.69. The molecule has 0 radical (unpaired) electrons. The van der Waals surface area contributed by atoms with E-state index < -0.39 is 29.2 Å². The number of aromatic nitrogens is 3. The molecule has 0 spiro atoms. The first-order valence-corrected chi connectivity index (χ1v) is 9.96. The molecule has 1 aromatic carbocycles. The third-order valence-electron chi connectivity index (χ3n) is 4.82. The zero-order valence-electron chi connectivity index (χ0n) is 16.7. The number of nitrogens with zero attached hydrogens (tertiary/aromatic N) is 3. The van der Waals surface area contributed by atoms with Gasteiger partial charge < -0.3 is 14.4 Å². The summed E-state index contributed by atoms with van der Waals surface area (Å²) in [7, 11) is 0. The molecule has 0 saturated carbocycles. The van der Waals surface area contributed by atoms with E-state index in [9.17, 15) is 23.1 Å². The van der Waals surface area contributed by atoms with Crippen LogP contribution in [0.3, 0.4) is 0 Å². The number of aliphatic hydroxyl groups is 1. The van der Waals surface area contributed by atoms with Gasteiger partial charge in [0.2, 0.25) is 0 Å². The number of alkyl halides is 3. The van der Waals surface area contributed by atoms with Crippen LogP contribution in [0.15, 0.2) is 41.1 Å². The van der Waals surface area contributed by atoms with Gasteiger partial charge in [-0.05, 0) is 47.5 Å². The molecule has 32 heavy (non-hydrogen) atoms. The van der Waals surface area contributed by atoms with E-state index in [0.29, 0.717) is 0 Å². The third-order valence-corrected chi connectivity index (χ3v) is 5.36. The first kappa shape index (κ1) is 24.0. The van der Waals surface area contributed by atoms with Gasteiger partial charge in [0, 0.05) is 22.7 Å². The van der Waals surface area contributed by atoms with Crippen LogP contribution in [0.2, 0.25) is 10.2 Å². The van der Waals surface area contributed by atoms with E-state index in [4.69, 9.17) is 32.5 Å². The highest BCUT2D eigenvalue weighted by molar-refractivity contribution is 6.31. The van der Waals surface area contributed by atoms with Crippen LogP contribution in [0.1, 0.15) is 41.5 Å². The lowest BCUT2D eigenvalue weighted by Crippen LogP contribution is -2.46. The summed E-state index contributed by atoms with van der Waals surface area (Å²) in [5.74, 6) is -2.71. The minimum Gasteiger partial charge on any atom is -0.460 e. The van der Waals surface area contributed by atoms with E-state index in [0.717, 1.165) is 18.3 Å². The van der Waals surface area contributed by atoms with Crippen LogP contribution in [0.25, 0.3) is 11.5 Å². The molecule has 12 heteroatoms. The largest absolute Gasteiger partial charge is 0.460 e. The minimum absolute atomic E-state index is 0.00769. The van der Waals surface area contributed by atoms with Crippen LogP contribution < -0.4 is 0 Å². The summed E-state index contributed by atoms with van der Waals surface area (Å²) in [5.41, 5.74) is -3.51. The van der Waals surface area contributed by atoms with Crippen molar-refractivity contribution >= 4 is 29.2 Å². The molecule has 0 amide bonds. The van der Waals surface area contributed by atoms with Gasteiger partial charge in [0.15, 0.2) is 5.60 Å². The highest BCUT2D eigenvalue weighted by Gasteiger charge is 2.59. The van der Waals surface area contributed by atoms with Crippen LogP contribution in [0, 0.1) is 0 Å². The molecule has 1 N–H and O–H groups in total. The first-order valence-electron chi connectivity index (χ1n) is 9.20. The third kappa shape index (κ3) is 4.43. The molecule has 2 aromatic heterocycles. The molecule has 0 bridgehead atoms. The zero-order chi connectivity index (χ0) is 23.7. The predicted molar refractivity (Wildman–Crippen MR) is 108 cm³/mol. The molecule has 3 aromatic rings. The number of hydrogen-bond acceptors (Lipinski definition) is 7. The van der Waals surface area contributed by atoms with Crippen LogP contribution in [0.5, 0.6) is 0 Å². The topological polar surface area (TPSA) is 98.3 Å². The lowest BCUT2D eigenvalue weighted by Gasteiger charge is -2.37. The highest BCUT2D eigenvalue weighted by atomic mass is 35.5. The lowest BCUT2D eigenvalue weighted by molar-refractivity contribution is -0.274. The van der Waals surface area contributed by atoms with Crippen molar-refractivity contribution in [1.29, 1.82) is 0 Å². The Labute approximate surface area is 190 Å². The number of rotatable bonds is 6. The van der Waals surface area contributed by atoms with Gasteiger partial charge in [0.1, 0.15) is 5.15 Å². The van der Waals surface area contributed by atoms with Crippen molar-refractivity contribution in [2.45, 2.75) is 31.5 Å². The molecule has 170 valence electrons. The predicted octanol–water partition coefficient (Wildman–Crippen LogP) is 5.17. The summed E-state index contributed by atoms with van der Waals surface area (Å²) >= 11 is 12.0. The Kier molecular flexibility index (Phi) is 6.77. The summed E-state index contributed by atoms with van der Waals surface area (Å²) in [6.07, 6.45) is -3.98. The Morgan fingerprint density at radius 1 is 1.25 bits per heavy atom. The lowest BCUT2D eigenvalue weighted by atomic mass is 9.78. The van der Waals surface area contributed by atoms with E-state index >= 15 is 0 Å². The van der Waals surface area contributed by atoms with Gasteiger partial charge in [0.05, 0.1) is 6.61 Å². The SMILES string of the molecule is CCOC(=O)c1noc(-c2ccc([C@@H](C)[C@@](O)(c3ccnc(Cl)c3)C(F)(F)F)c(Cl)c2)n1. The molecule has 0 aliphatic rings. The average molecular weight is 490 g/mol. The van der Waals surface area contributed by atoms with E-state index in [2.05, 4.69) is 15.1 Å². The number of benzene rings is 1. The monoisotopic (exact) mass is 489 g/mol. The highest BCUT2D eigenvalue weighted by Crippen LogP contribution is 2.50. The number of carbonyl (C=O) groups is 1. The van der Waals surface area contributed by atoms with Crippen molar-refractivity contribution < 1.29 is 32.3 Å². The van der Waals surface area contributed by atoms with E-state index in [1.165, 1.54) is 25.1 Å². The molecule has 0 aliphatic carbocycles. The van der Waals surface area contributed by atoms with Crippen molar-refractivity contribution in [3.05, 3.63) is 63.7 Å². The molecule has 0 fully saturated rings. The molecule has 0 aliphatic heterocycles. The smallest absolute Gasteiger partial charge is 0.422 e. The molecule has 0 unspecified atom stereocenters. The molecule has 0 saturated heterocycles. The maximum Gasteiger partial charge on any atom is 0.422 e. The van der Waals surface area contributed by atoms with Crippen molar-refractivity contribution in [2.24, 2.45) is 0 Å². The van der Waals surface area contributed by atoms with Gasteiger partial charge in [-0.25, -0.2) is 9.78 Å². The number of carbonyl (C=O) groups excluding carboxylic acids is 1. The molecular formula is C20H16Cl2F3N3O4. The molecule has 2 atom stereocenters. The molecule has 2 heterocycles. The maximum atomic E-state index is 14.0. The fourth-order valence-corrected chi connectivity index (χ4v) is 3.67. The molecule has 7 nitrogen and oxygen atoms in total. The summed E-state index contributed by atoms with van der Waals surface area (Å²) in [6, 6.07) is 5.97. The fraction of sp³-hybridized carbons (Fsp3) is 0.300. The number of pyridine rings is 1. The normalized spacial score (nSPS) is 14.6. The fourth-order valence-electron chi connectivity index (χ4n) is 3.15. The zero-order valence-corrected chi connectivity index (χ0v) is 18.2. The van der Waals surface area contributed by atoms with Gasteiger partial charge in [-0.2, -0.15) is 18.2 Å². The van der Waals surface area contributed by atoms with Crippen LogP contribution >= 0.6 is 23.2 Å². The van der Waals surface area contributed by atoms with Gasteiger partial charge in [-0.15, -0.1) is 0 Å². The second-order valence-corrected chi connectivity index (χ2v) is 7.53. The van der Waals surface area contributed by atoms with E-state index in [1.54, 1.807) is 6.92 Å². The first-order chi connectivity index (χ1) is 15.0. The van der Waals surface area contributed by atoms with Crippen LogP contribution in [-0.4, -0.2) is 39.0 Å². The van der Waals surface area contributed by atoms with Crippen molar-refractivity contribution in [1.82, 2.24) is 15.1 Å². The number of hydrogen-bond donors (Lipinski definition) is 1. The average Bonchev–Trinajstić information content (AvgIpc) is 3.22. The Morgan fingerprint density at radius 3 is 2.56 bits per heavy atom.